The third-order valence-corrected chi connectivity index (χ3v) is 3.95. The SMILES string of the molecule is CC1CCC(NC(=O)Nc2ccc(Cl)c(Cl)c2)C1. The van der Waals surface area contributed by atoms with Gasteiger partial charge < -0.3 is 10.6 Å². The van der Waals surface area contributed by atoms with E-state index in [2.05, 4.69) is 17.6 Å². The lowest BCUT2D eigenvalue weighted by atomic mass is 10.1. The fraction of sp³-hybridized carbons (Fsp3) is 0.462. The molecule has 1 aromatic carbocycles. The lowest BCUT2D eigenvalue weighted by Gasteiger charge is -2.13. The Hall–Kier alpha value is -0.930. The molecule has 0 spiro atoms. The molecule has 1 fully saturated rings. The highest BCUT2D eigenvalue weighted by atomic mass is 35.5. The Kier molecular flexibility index (Phi) is 4.36. The van der Waals surface area contributed by atoms with Crippen LogP contribution in [0.5, 0.6) is 0 Å². The van der Waals surface area contributed by atoms with Gasteiger partial charge >= 0.3 is 6.03 Å². The zero-order chi connectivity index (χ0) is 13.1. The molecule has 18 heavy (non-hydrogen) atoms. The molecule has 0 radical (unpaired) electrons. The number of halogens is 2. The van der Waals surface area contributed by atoms with Crippen LogP contribution in [0.4, 0.5) is 10.5 Å². The Labute approximate surface area is 117 Å². The molecule has 0 saturated heterocycles. The number of carbonyl (C=O) groups excluding carboxylic acids is 1. The number of rotatable bonds is 2. The Bertz CT molecular complexity index is 451. The molecule has 2 rings (SSSR count). The standard InChI is InChI=1S/C13H16Cl2N2O/c1-8-2-3-9(6-8)16-13(18)17-10-4-5-11(14)12(15)7-10/h4-5,7-9H,2-3,6H2,1H3,(H2,16,17,18). The van der Waals surface area contributed by atoms with Gasteiger partial charge in [0.25, 0.3) is 0 Å². The number of anilines is 1. The average molecular weight is 287 g/mol. The highest BCUT2D eigenvalue weighted by Gasteiger charge is 2.22. The highest BCUT2D eigenvalue weighted by Crippen LogP contribution is 2.26. The summed E-state index contributed by atoms with van der Waals surface area (Å²) in [4.78, 5) is 11.8. The molecule has 5 heteroatoms. The third-order valence-electron chi connectivity index (χ3n) is 3.21. The lowest BCUT2D eigenvalue weighted by molar-refractivity contribution is 0.248. The average Bonchev–Trinajstić information content (AvgIpc) is 2.69. The first-order chi connectivity index (χ1) is 8.54. The number of hydrogen-bond donors (Lipinski definition) is 2. The minimum Gasteiger partial charge on any atom is -0.335 e. The molecular formula is C13H16Cl2N2O. The van der Waals surface area contributed by atoms with Crippen molar-refractivity contribution in [3.63, 3.8) is 0 Å². The van der Waals surface area contributed by atoms with E-state index in [9.17, 15) is 4.79 Å². The molecule has 1 aromatic rings. The van der Waals surface area contributed by atoms with Gasteiger partial charge in [0.15, 0.2) is 0 Å². The van der Waals surface area contributed by atoms with Crippen molar-refractivity contribution < 1.29 is 4.79 Å². The van der Waals surface area contributed by atoms with E-state index in [1.165, 1.54) is 6.42 Å². The Balaban J connectivity index is 1.89. The van der Waals surface area contributed by atoms with Crippen LogP contribution in [-0.4, -0.2) is 12.1 Å². The second kappa shape index (κ2) is 5.81. The van der Waals surface area contributed by atoms with Crippen LogP contribution < -0.4 is 10.6 Å². The van der Waals surface area contributed by atoms with E-state index < -0.39 is 0 Å². The Morgan fingerprint density at radius 2 is 2.06 bits per heavy atom. The van der Waals surface area contributed by atoms with Crippen LogP contribution >= 0.6 is 23.2 Å². The molecule has 0 bridgehead atoms. The molecule has 98 valence electrons. The summed E-state index contributed by atoms with van der Waals surface area (Å²) in [6.45, 7) is 2.21. The van der Waals surface area contributed by atoms with Gasteiger partial charge in [-0.05, 0) is 43.4 Å². The van der Waals surface area contributed by atoms with E-state index >= 15 is 0 Å². The first kappa shape index (κ1) is 13.5. The molecule has 0 aliphatic heterocycles. The summed E-state index contributed by atoms with van der Waals surface area (Å²) in [6.07, 6.45) is 3.28. The van der Waals surface area contributed by atoms with E-state index in [0.29, 0.717) is 21.7 Å². The fourth-order valence-corrected chi connectivity index (χ4v) is 2.56. The maximum Gasteiger partial charge on any atom is 0.319 e. The summed E-state index contributed by atoms with van der Waals surface area (Å²) < 4.78 is 0. The van der Waals surface area contributed by atoms with Crippen LogP contribution in [0.15, 0.2) is 18.2 Å². The van der Waals surface area contributed by atoms with Crippen molar-refractivity contribution in [2.75, 3.05) is 5.32 Å². The van der Waals surface area contributed by atoms with Gasteiger partial charge in [-0.15, -0.1) is 0 Å². The second-order valence-electron chi connectivity index (χ2n) is 4.84. The molecule has 0 aromatic heterocycles. The Morgan fingerprint density at radius 3 is 2.67 bits per heavy atom. The maximum absolute atomic E-state index is 11.8. The molecule has 2 amide bonds. The van der Waals surface area contributed by atoms with E-state index in [-0.39, 0.29) is 12.1 Å². The zero-order valence-corrected chi connectivity index (χ0v) is 11.7. The predicted octanol–water partition coefficient (Wildman–Crippen LogP) is 4.30. The molecule has 3 nitrogen and oxygen atoms in total. The van der Waals surface area contributed by atoms with Gasteiger partial charge in [0.2, 0.25) is 0 Å². The summed E-state index contributed by atoms with van der Waals surface area (Å²) in [5.41, 5.74) is 0.646. The van der Waals surface area contributed by atoms with Gasteiger partial charge in [0.05, 0.1) is 10.0 Å². The molecule has 1 aliphatic carbocycles. The van der Waals surface area contributed by atoms with Crippen molar-refractivity contribution in [2.45, 2.75) is 32.2 Å². The van der Waals surface area contributed by atoms with Crippen LogP contribution in [0.3, 0.4) is 0 Å². The molecule has 1 aliphatic rings. The summed E-state index contributed by atoms with van der Waals surface area (Å²) in [5, 5.41) is 6.64. The molecule has 2 N–H and O–H groups in total. The second-order valence-corrected chi connectivity index (χ2v) is 5.66. The molecule has 1 saturated carbocycles. The summed E-state index contributed by atoms with van der Waals surface area (Å²) in [7, 11) is 0. The van der Waals surface area contributed by atoms with Crippen LogP contribution in [0.1, 0.15) is 26.2 Å². The normalized spacial score (nSPS) is 22.8. The maximum atomic E-state index is 11.8. The first-order valence-corrected chi connectivity index (χ1v) is 6.83. The topological polar surface area (TPSA) is 41.1 Å². The molecular weight excluding hydrogens is 271 g/mol. The van der Waals surface area contributed by atoms with Crippen LogP contribution in [0.2, 0.25) is 10.0 Å². The minimum atomic E-state index is -0.188. The number of amides is 2. The van der Waals surface area contributed by atoms with E-state index in [0.717, 1.165) is 12.8 Å². The third kappa shape index (κ3) is 3.53. The van der Waals surface area contributed by atoms with Gasteiger partial charge in [0.1, 0.15) is 0 Å². The van der Waals surface area contributed by atoms with Crippen molar-refractivity contribution in [2.24, 2.45) is 5.92 Å². The number of hydrogen-bond acceptors (Lipinski definition) is 1. The van der Waals surface area contributed by atoms with E-state index in [1.54, 1.807) is 18.2 Å². The number of carbonyl (C=O) groups is 1. The number of urea groups is 1. The molecule has 0 heterocycles. The van der Waals surface area contributed by atoms with Crippen LogP contribution in [0.25, 0.3) is 0 Å². The van der Waals surface area contributed by atoms with Crippen LogP contribution in [0, 0.1) is 5.92 Å². The predicted molar refractivity (Wildman–Crippen MR) is 75.4 cm³/mol. The monoisotopic (exact) mass is 286 g/mol. The fourth-order valence-electron chi connectivity index (χ4n) is 2.26. The summed E-state index contributed by atoms with van der Waals surface area (Å²) in [5.74, 6) is 0.695. The number of benzene rings is 1. The van der Waals surface area contributed by atoms with Crippen molar-refractivity contribution in [3.05, 3.63) is 28.2 Å². The van der Waals surface area contributed by atoms with Crippen molar-refractivity contribution in [3.8, 4) is 0 Å². The van der Waals surface area contributed by atoms with E-state index in [1.807, 2.05) is 0 Å². The smallest absolute Gasteiger partial charge is 0.319 e. The minimum absolute atomic E-state index is 0.188. The van der Waals surface area contributed by atoms with Crippen molar-refractivity contribution in [1.29, 1.82) is 0 Å². The molecule has 2 unspecified atom stereocenters. The molecule has 2 atom stereocenters. The summed E-state index contributed by atoms with van der Waals surface area (Å²) in [6, 6.07) is 5.12. The van der Waals surface area contributed by atoms with Crippen molar-refractivity contribution in [1.82, 2.24) is 5.32 Å². The summed E-state index contributed by atoms with van der Waals surface area (Å²) >= 11 is 11.7. The lowest BCUT2D eigenvalue weighted by Crippen LogP contribution is -2.36. The van der Waals surface area contributed by atoms with Gasteiger partial charge in [-0.3, -0.25) is 0 Å². The van der Waals surface area contributed by atoms with Crippen molar-refractivity contribution >= 4 is 34.9 Å². The first-order valence-electron chi connectivity index (χ1n) is 6.07. The highest BCUT2D eigenvalue weighted by molar-refractivity contribution is 6.42. The largest absolute Gasteiger partial charge is 0.335 e. The quantitative estimate of drug-likeness (QED) is 0.836. The van der Waals surface area contributed by atoms with Crippen LogP contribution in [-0.2, 0) is 0 Å². The van der Waals surface area contributed by atoms with Gasteiger partial charge in [-0.2, -0.15) is 0 Å². The zero-order valence-electron chi connectivity index (χ0n) is 10.2. The van der Waals surface area contributed by atoms with E-state index in [4.69, 9.17) is 23.2 Å². The van der Waals surface area contributed by atoms with Gasteiger partial charge in [0, 0.05) is 11.7 Å². The number of nitrogens with one attached hydrogen (secondary N) is 2. The van der Waals surface area contributed by atoms with Gasteiger partial charge in [-0.1, -0.05) is 30.1 Å². The Morgan fingerprint density at radius 1 is 1.28 bits per heavy atom. The van der Waals surface area contributed by atoms with Gasteiger partial charge in [-0.25, -0.2) is 4.79 Å².